The molecule has 1 N–H and O–H groups in total. The molecule has 1 aliphatic rings. The summed E-state index contributed by atoms with van der Waals surface area (Å²) in [6.07, 6.45) is 0.651. The predicted molar refractivity (Wildman–Crippen MR) is 127 cm³/mol. The molecule has 6 nitrogen and oxygen atoms in total. The van der Waals surface area contributed by atoms with Gasteiger partial charge in [-0.3, -0.25) is 9.10 Å². The van der Waals surface area contributed by atoms with Gasteiger partial charge in [0.2, 0.25) is 0 Å². The fourth-order valence-corrected chi connectivity index (χ4v) is 5.49. The van der Waals surface area contributed by atoms with Crippen LogP contribution in [0.1, 0.15) is 5.56 Å². The lowest BCUT2D eigenvalue weighted by Gasteiger charge is -2.20. The Labute approximate surface area is 200 Å². The third-order valence-electron chi connectivity index (χ3n) is 4.90. The number of anilines is 2. The Hall–Kier alpha value is -2.45. The van der Waals surface area contributed by atoms with Gasteiger partial charge in [-0.25, -0.2) is 8.42 Å². The molecule has 10 heteroatoms. The van der Waals surface area contributed by atoms with Crippen LogP contribution >= 0.6 is 34.8 Å². The molecule has 1 heterocycles. The Morgan fingerprint density at radius 1 is 0.969 bits per heavy atom. The molecule has 0 radical (unpaired) electrons. The average molecular weight is 512 g/mol. The number of amides is 1. The van der Waals surface area contributed by atoms with Crippen LogP contribution in [0.2, 0.25) is 15.1 Å². The molecule has 0 aliphatic carbocycles. The number of sulfonamides is 1. The summed E-state index contributed by atoms with van der Waals surface area (Å²) >= 11 is 18.0. The minimum Gasteiger partial charge on any atom is -0.482 e. The molecule has 0 bridgehead atoms. The minimum absolute atomic E-state index is 0.0480. The molecular weight excluding hydrogens is 495 g/mol. The smallest absolute Gasteiger partial charge is 0.264 e. The first-order chi connectivity index (χ1) is 15.3. The fourth-order valence-electron chi connectivity index (χ4n) is 3.36. The first-order valence-electron chi connectivity index (χ1n) is 9.53. The van der Waals surface area contributed by atoms with E-state index in [0.717, 1.165) is 5.56 Å². The SMILES string of the molecule is O=C(COc1ccc(S(=O)(=O)N2CCc3ccccc32)cc1Cl)Nc1ccc(Cl)c(Cl)c1. The molecule has 166 valence electrons. The summed E-state index contributed by atoms with van der Waals surface area (Å²) in [6.45, 7) is 0.0397. The number of nitrogens with one attached hydrogen (secondary N) is 1. The van der Waals surface area contributed by atoms with Crippen molar-refractivity contribution >= 4 is 62.1 Å². The van der Waals surface area contributed by atoms with Gasteiger partial charge < -0.3 is 10.1 Å². The van der Waals surface area contributed by atoms with Crippen LogP contribution in [0.3, 0.4) is 0 Å². The number of nitrogens with zero attached hydrogens (tertiary/aromatic N) is 1. The standard InChI is InChI=1S/C22H17Cl3N2O4S/c23-17-7-5-15(11-18(17)24)26-22(28)13-31-21-8-6-16(12-19(21)25)32(29,30)27-10-9-14-3-1-2-4-20(14)27/h1-8,11-12H,9-10,13H2,(H,26,28). The minimum atomic E-state index is -3.78. The van der Waals surface area contributed by atoms with Crippen LogP contribution in [0, 0.1) is 0 Å². The largest absolute Gasteiger partial charge is 0.482 e. The van der Waals surface area contributed by atoms with Gasteiger partial charge in [0, 0.05) is 12.2 Å². The summed E-state index contributed by atoms with van der Waals surface area (Å²) in [5, 5.41) is 3.40. The van der Waals surface area contributed by atoms with Crippen LogP contribution in [0.15, 0.2) is 65.6 Å². The van der Waals surface area contributed by atoms with Crippen molar-refractivity contribution in [3.8, 4) is 5.75 Å². The Kier molecular flexibility index (Phi) is 6.53. The molecule has 1 amide bonds. The average Bonchev–Trinajstić information content (AvgIpc) is 3.20. The van der Waals surface area contributed by atoms with E-state index in [4.69, 9.17) is 39.5 Å². The predicted octanol–water partition coefficient (Wildman–Crippen LogP) is 5.42. The van der Waals surface area contributed by atoms with Gasteiger partial charge in [0.05, 0.1) is 25.7 Å². The molecule has 0 spiro atoms. The van der Waals surface area contributed by atoms with Crippen molar-refractivity contribution in [1.29, 1.82) is 0 Å². The summed E-state index contributed by atoms with van der Waals surface area (Å²) in [5.74, 6) is -0.249. The Morgan fingerprint density at radius 3 is 2.50 bits per heavy atom. The summed E-state index contributed by atoms with van der Waals surface area (Å²) in [5.41, 5.74) is 2.12. The number of carbonyl (C=O) groups is 1. The third-order valence-corrected chi connectivity index (χ3v) is 7.74. The number of rotatable bonds is 6. The maximum atomic E-state index is 13.1. The van der Waals surface area contributed by atoms with Crippen LogP contribution in [0.5, 0.6) is 5.75 Å². The van der Waals surface area contributed by atoms with Crippen LogP contribution in [0.25, 0.3) is 0 Å². The zero-order chi connectivity index (χ0) is 22.9. The Bertz CT molecular complexity index is 1300. The topological polar surface area (TPSA) is 75.7 Å². The van der Waals surface area contributed by atoms with Crippen LogP contribution < -0.4 is 14.4 Å². The van der Waals surface area contributed by atoms with Gasteiger partial charge in [-0.05, 0) is 54.4 Å². The van der Waals surface area contributed by atoms with Crippen molar-refractivity contribution < 1.29 is 17.9 Å². The number of hydrogen-bond acceptors (Lipinski definition) is 4. The summed E-state index contributed by atoms with van der Waals surface area (Å²) in [6, 6.07) is 16.2. The van der Waals surface area contributed by atoms with Gasteiger partial charge in [-0.15, -0.1) is 0 Å². The fraction of sp³-hybridized carbons (Fsp3) is 0.136. The molecule has 3 aromatic carbocycles. The molecule has 3 aromatic rings. The van der Waals surface area contributed by atoms with Gasteiger partial charge in [0.25, 0.3) is 15.9 Å². The van der Waals surface area contributed by atoms with E-state index in [0.29, 0.717) is 34.4 Å². The molecule has 0 aromatic heterocycles. The molecule has 32 heavy (non-hydrogen) atoms. The molecule has 0 saturated carbocycles. The summed E-state index contributed by atoms with van der Waals surface area (Å²) < 4.78 is 33.1. The van der Waals surface area contributed by atoms with Gasteiger partial charge in [0.1, 0.15) is 5.75 Å². The highest BCUT2D eigenvalue weighted by Crippen LogP contribution is 2.35. The lowest BCUT2D eigenvalue weighted by atomic mass is 10.2. The Balaban J connectivity index is 1.44. The van der Waals surface area contributed by atoms with Gasteiger partial charge in [0.15, 0.2) is 6.61 Å². The zero-order valence-electron chi connectivity index (χ0n) is 16.5. The van der Waals surface area contributed by atoms with Crippen molar-refractivity contribution in [2.24, 2.45) is 0 Å². The van der Waals surface area contributed by atoms with Gasteiger partial charge in [-0.2, -0.15) is 0 Å². The quantitative estimate of drug-likeness (QED) is 0.480. The van der Waals surface area contributed by atoms with Crippen LogP contribution in [0.4, 0.5) is 11.4 Å². The van der Waals surface area contributed by atoms with E-state index in [-0.39, 0.29) is 22.3 Å². The number of hydrogen-bond donors (Lipinski definition) is 1. The number of ether oxygens (including phenoxy) is 1. The van der Waals surface area contributed by atoms with Crippen molar-refractivity contribution in [3.63, 3.8) is 0 Å². The number of carbonyl (C=O) groups excluding carboxylic acids is 1. The summed E-state index contributed by atoms with van der Waals surface area (Å²) in [4.78, 5) is 12.2. The van der Waals surface area contributed by atoms with Crippen molar-refractivity contribution in [3.05, 3.63) is 81.3 Å². The van der Waals surface area contributed by atoms with Crippen LogP contribution in [-0.4, -0.2) is 27.5 Å². The number of para-hydroxylation sites is 1. The zero-order valence-corrected chi connectivity index (χ0v) is 19.6. The monoisotopic (exact) mass is 510 g/mol. The molecule has 0 saturated heterocycles. The highest BCUT2D eigenvalue weighted by molar-refractivity contribution is 7.92. The van der Waals surface area contributed by atoms with Gasteiger partial charge in [-0.1, -0.05) is 53.0 Å². The van der Waals surface area contributed by atoms with Crippen molar-refractivity contribution in [2.75, 3.05) is 22.8 Å². The number of fused-ring (bicyclic) bond motifs is 1. The number of halogens is 3. The Morgan fingerprint density at radius 2 is 1.75 bits per heavy atom. The summed E-state index contributed by atoms with van der Waals surface area (Å²) in [7, 11) is -3.78. The van der Waals surface area contributed by atoms with E-state index in [1.54, 1.807) is 24.3 Å². The second-order valence-electron chi connectivity index (χ2n) is 7.01. The highest BCUT2D eigenvalue weighted by atomic mass is 35.5. The molecule has 1 aliphatic heterocycles. The van der Waals surface area contributed by atoms with Crippen LogP contribution in [-0.2, 0) is 21.2 Å². The maximum absolute atomic E-state index is 13.1. The first kappa shape index (κ1) is 22.7. The van der Waals surface area contributed by atoms with E-state index >= 15 is 0 Å². The van der Waals surface area contributed by atoms with E-state index in [2.05, 4.69) is 5.32 Å². The third kappa shape index (κ3) is 4.66. The molecular formula is C22H17Cl3N2O4S. The maximum Gasteiger partial charge on any atom is 0.264 e. The second kappa shape index (κ2) is 9.19. The normalized spacial score (nSPS) is 13.0. The van der Waals surface area contributed by atoms with Crippen molar-refractivity contribution in [1.82, 2.24) is 0 Å². The lowest BCUT2D eigenvalue weighted by molar-refractivity contribution is -0.118. The van der Waals surface area contributed by atoms with Crippen molar-refractivity contribution in [2.45, 2.75) is 11.3 Å². The lowest BCUT2D eigenvalue weighted by Crippen LogP contribution is -2.29. The van der Waals surface area contributed by atoms with E-state index in [1.807, 2.05) is 12.1 Å². The van der Waals surface area contributed by atoms with E-state index < -0.39 is 15.9 Å². The first-order valence-corrected chi connectivity index (χ1v) is 12.1. The number of benzene rings is 3. The molecule has 0 unspecified atom stereocenters. The van der Waals surface area contributed by atoms with E-state index in [1.165, 1.54) is 28.6 Å². The van der Waals surface area contributed by atoms with E-state index in [9.17, 15) is 13.2 Å². The molecule has 4 rings (SSSR count). The second-order valence-corrected chi connectivity index (χ2v) is 10.1. The van der Waals surface area contributed by atoms with Gasteiger partial charge >= 0.3 is 0 Å². The molecule has 0 fully saturated rings. The highest BCUT2D eigenvalue weighted by Gasteiger charge is 2.31. The molecule has 0 atom stereocenters.